The smallest absolute Gasteiger partial charge is 0.264 e. The van der Waals surface area contributed by atoms with Crippen molar-refractivity contribution in [1.29, 1.82) is 0 Å². The van der Waals surface area contributed by atoms with Gasteiger partial charge in [0.2, 0.25) is 0 Å². The highest BCUT2D eigenvalue weighted by molar-refractivity contribution is 7.92. The van der Waals surface area contributed by atoms with Crippen molar-refractivity contribution in [2.75, 3.05) is 17.5 Å². The van der Waals surface area contributed by atoms with E-state index >= 15 is 0 Å². The highest BCUT2D eigenvalue weighted by Crippen LogP contribution is 2.34. The van der Waals surface area contributed by atoms with E-state index in [1.165, 1.54) is 16.4 Å². The number of ether oxygens (including phenoxy) is 2. The van der Waals surface area contributed by atoms with E-state index in [4.69, 9.17) is 21.1 Å². The van der Waals surface area contributed by atoms with Gasteiger partial charge in [-0.2, -0.15) is 0 Å². The third kappa shape index (κ3) is 4.31. The molecule has 0 saturated heterocycles. The van der Waals surface area contributed by atoms with E-state index in [0.29, 0.717) is 35.4 Å². The lowest BCUT2D eigenvalue weighted by Gasteiger charge is -2.25. The van der Waals surface area contributed by atoms with Crippen LogP contribution in [0.4, 0.5) is 5.69 Å². The lowest BCUT2D eigenvalue weighted by atomic mass is 10.2. The predicted octanol–water partition coefficient (Wildman–Crippen LogP) is 4.29. The minimum absolute atomic E-state index is 0.126. The van der Waals surface area contributed by atoms with E-state index in [1.54, 1.807) is 48.8 Å². The van der Waals surface area contributed by atoms with Crippen LogP contribution in [0, 0.1) is 0 Å². The maximum atomic E-state index is 13.6. The van der Waals surface area contributed by atoms with Crippen LogP contribution in [0.5, 0.6) is 11.5 Å². The molecule has 0 unspecified atom stereocenters. The van der Waals surface area contributed by atoms with Gasteiger partial charge in [-0.15, -0.1) is 0 Å². The Morgan fingerprint density at radius 3 is 2.48 bits per heavy atom. The molecule has 3 aromatic rings. The lowest BCUT2D eigenvalue weighted by molar-refractivity contribution is 0.297. The number of aromatic nitrogens is 1. The number of nitrogens with zero attached hydrogens (tertiary/aromatic N) is 2. The predicted molar refractivity (Wildman–Crippen MR) is 111 cm³/mol. The van der Waals surface area contributed by atoms with Crippen molar-refractivity contribution in [1.82, 2.24) is 4.98 Å². The van der Waals surface area contributed by atoms with Gasteiger partial charge in [-0.25, -0.2) is 8.42 Å². The van der Waals surface area contributed by atoms with Gasteiger partial charge >= 0.3 is 0 Å². The summed E-state index contributed by atoms with van der Waals surface area (Å²) in [5, 5.41) is 0.531. The molecular formula is C21H19ClN2O4S. The fraction of sp³-hybridized carbons (Fsp3) is 0.190. The second-order valence-corrected chi connectivity index (χ2v) is 8.81. The Hall–Kier alpha value is -2.77. The Labute approximate surface area is 174 Å². The van der Waals surface area contributed by atoms with Gasteiger partial charge in [-0.05, 0) is 48.0 Å². The standard InChI is InChI=1S/C21H19ClN2O4S/c22-17-4-6-18(7-5-17)24(15-16-3-1-10-23-14-16)29(25,26)19-8-9-20-21(13-19)28-12-2-11-27-20/h1,3-10,13-14H,2,11-12,15H2. The minimum Gasteiger partial charge on any atom is -0.490 e. The first-order valence-corrected chi connectivity index (χ1v) is 10.9. The van der Waals surface area contributed by atoms with E-state index in [0.717, 1.165) is 12.0 Å². The molecule has 0 aliphatic carbocycles. The monoisotopic (exact) mass is 430 g/mol. The van der Waals surface area contributed by atoms with E-state index in [2.05, 4.69) is 4.98 Å². The molecule has 1 aliphatic heterocycles. The van der Waals surface area contributed by atoms with Crippen LogP contribution in [0.1, 0.15) is 12.0 Å². The number of rotatable bonds is 5. The average Bonchev–Trinajstić information content (AvgIpc) is 2.98. The molecular weight excluding hydrogens is 412 g/mol. The van der Waals surface area contributed by atoms with E-state index in [9.17, 15) is 8.42 Å². The number of pyridine rings is 1. The zero-order chi connectivity index (χ0) is 20.3. The number of hydrogen-bond acceptors (Lipinski definition) is 5. The second-order valence-electron chi connectivity index (χ2n) is 6.51. The van der Waals surface area contributed by atoms with Crippen LogP contribution in [0.15, 0.2) is 71.9 Å². The first-order chi connectivity index (χ1) is 14.0. The maximum absolute atomic E-state index is 13.6. The summed E-state index contributed by atoms with van der Waals surface area (Å²) in [6, 6.07) is 15.0. The van der Waals surface area contributed by atoms with Crippen LogP contribution in [0.3, 0.4) is 0 Å². The van der Waals surface area contributed by atoms with Crippen molar-refractivity contribution in [3.8, 4) is 11.5 Å². The van der Waals surface area contributed by atoms with Crippen LogP contribution >= 0.6 is 11.6 Å². The van der Waals surface area contributed by atoms with Crippen molar-refractivity contribution in [2.24, 2.45) is 0 Å². The fourth-order valence-electron chi connectivity index (χ4n) is 3.01. The van der Waals surface area contributed by atoms with E-state index in [1.807, 2.05) is 6.07 Å². The number of anilines is 1. The summed E-state index contributed by atoms with van der Waals surface area (Å²) in [4.78, 5) is 4.21. The second kappa shape index (κ2) is 8.31. The fourth-order valence-corrected chi connectivity index (χ4v) is 4.61. The average molecular weight is 431 g/mol. The third-order valence-corrected chi connectivity index (χ3v) is 6.49. The number of fused-ring (bicyclic) bond motifs is 1. The van der Waals surface area contributed by atoms with Gasteiger partial charge in [0.15, 0.2) is 11.5 Å². The van der Waals surface area contributed by atoms with E-state index < -0.39 is 10.0 Å². The van der Waals surface area contributed by atoms with Crippen LogP contribution in [0.25, 0.3) is 0 Å². The SMILES string of the molecule is O=S(=O)(c1ccc2c(c1)OCCCO2)N(Cc1cccnc1)c1ccc(Cl)cc1. The van der Waals surface area contributed by atoms with Gasteiger partial charge in [-0.3, -0.25) is 9.29 Å². The Balaban J connectivity index is 1.76. The van der Waals surface area contributed by atoms with Crippen LogP contribution in [-0.4, -0.2) is 26.6 Å². The van der Waals surface area contributed by atoms with Crippen LogP contribution in [-0.2, 0) is 16.6 Å². The molecule has 150 valence electrons. The summed E-state index contributed by atoms with van der Waals surface area (Å²) in [6.07, 6.45) is 4.04. The van der Waals surface area contributed by atoms with E-state index in [-0.39, 0.29) is 11.4 Å². The molecule has 29 heavy (non-hydrogen) atoms. The Bertz CT molecular complexity index is 1090. The Morgan fingerprint density at radius 1 is 1.00 bits per heavy atom. The van der Waals surface area contributed by atoms with Gasteiger partial charge in [0.05, 0.1) is 30.3 Å². The third-order valence-electron chi connectivity index (χ3n) is 4.47. The number of halogens is 1. The topological polar surface area (TPSA) is 68.7 Å². The van der Waals surface area contributed by atoms with Gasteiger partial charge in [0.1, 0.15) is 0 Å². The minimum atomic E-state index is -3.88. The maximum Gasteiger partial charge on any atom is 0.264 e. The highest BCUT2D eigenvalue weighted by Gasteiger charge is 2.27. The van der Waals surface area contributed by atoms with Crippen molar-refractivity contribution < 1.29 is 17.9 Å². The lowest BCUT2D eigenvalue weighted by Crippen LogP contribution is -2.30. The number of sulfonamides is 1. The molecule has 0 bridgehead atoms. The summed E-state index contributed by atoms with van der Waals surface area (Å²) in [6.45, 7) is 1.15. The molecule has 0 spiro atoms. The van der Waals surface area contributed by atoms with Gasteiger partial charge in [0, 0.05) is 29.9 Å². The first-order valence-electron chi connectivity index (χ1n) is 9.11. The molecule has 0 N–H and O–H groups in total. The molecule has 1 aliphatic rings. The van der Waals surface area contributed by atoms with Crippen molar-refractivity contribution in [2.45, 2.75) is 17.9 Å². The molecule has 6 nitrogen and oxygen atoms in total. The van der Waals surface area contributed by atoms with Gasteiger partial charge < -0.3 is 9.47 Å². The summed E-state index contributed by atoms with van der Waals surface area (Å²) in [5.74, 6) is 0.979. The van der Waals surface area contributed by atoms with Gasteiger partial charge in [0.25, 0.3) is 10.0 Å². The zero-order valence-corrected chi connectivity index (χ0v) is 17.1. The highest BCUT2D eigenvalue weighted by atomic mass is 35.5. The van der Waals surface area contributed by atoms with Crippen LogP contribution in [0.2, 0.25) is 5.02 Å². The number of hydrogen-bond donors (Lipinski definition) is 0. The molecule has 0 amide bonds. The molecule has 0 fully saturated rings. The quantitative estimate of drug-likeness (QED) is 0.604. The molecule has 1 aromatic heterocycles. The first kappa shape index (κ1) is 19.5. The molecule has 2 aromatic carbocycles. The molecule has 8 heteroatoms. The summed E-state index contributed by atoms with van der Waals surface area (Å²) < 4.78 is 39.8. The van der Waals surface area contributed by atoms with Crippen molar-refractivity contribution in [3.63, 3.8) is 0 Å². The molecule has 0 saturated carbocycles. The summed E-state index contributed by atoms with van der Waals surface area (Å²) in [7, 11) is -3.88. The summed E-state index contributed by atoms with van der Waals surface area (Å²) in [5.41, 5.74) is 1.27. The Morgan fingerprint density at radius 2 is 1.76 bits per heavy atom. The number of benzene rings is 2. The molecule has 2 heterocycles. The van der Waals surface area contributed by atoms with Crippen molar-refractivity contribution >= 4 is 27.3 Å². The van der Waals surface area contributed by atoms with Crippen LogP contribution < -0.4 is 13.8 Å². The summed E-state index contributed by atoms with van der Waals surface area (Å²) >= 11 is 5.99. The Kier molecular flexibility index (Phi) is 5.60. The molecule has 0 radical (unpaired) electrons. The van der Waals surface area contributed by atoms with Crippen molar-refractivity contribution in [3.05, 3.63) is 77.6 Å². The molecule has 4 rings (SSSR count). The van der Waals surface area contributed by atoms with Gasteiger partial charge in [-0.1, -0.05) is 17.7 Å². The largest absolute Gasteiger partial charge is 0.490 e. The normalized spacial score (nSPS) is 13.6. The zero-order valence-electron chi connectivity index (χ0n) is 15.5. The molecule has 0 atom stereocenters.